The summed E-state index contributed by atoms with van der Waals surface area (Å²) in [6.07, 6.45) is 0. The number of hydrogen-bond donors (Lipinski definition) is 0. The second-order valence-electron chi connectivity index (χ2n) is 3.28. The van der Waals surface area contributed by atoms with Gasteiger partial charge in [-0.15, -0.1) is 0 Å². The van der Waals surface area contributed by atoms with Gasteiger partial charge in [0.25, 0.3) is 0 Å². The molecule has 0 bridgehead atoms. The van der Waals surface area contributed by atoms with Gasteiger partial charge in [0.2, 0.25) is 9.05 Å². The lowest BCUT2D eigenvalue weighted by molar-refractivity contribution is 0.111. The van der Waals surface area contributed by atoms with E-state index in [1.54, 1.807) is 0 Å². The number of rotatable bonds is 7. The van der Waals surface area contributed by atoms with E-state index >= 15 is 0 Å². The Morgan fingerprint density at radius 3 is 2.44 bits per heavy atom. The van der Waals surface area contributed by atoms with E-state index in [4.69, 9.17) is 20.2 Å². The Bertz CT molecular complexity index is 493. The zero-order chi connectivity index (χ0) is 13.6. The molecule has 0 spiro atoms. The summed E-state index contributed by atoms with van der Waals surface area (Å²) in [5.41, 5.74) is 0. The number of halogens is 3. The second-order valence-corrected chi connectivity index (χ2v) is 6.18. The Labute approximate surface area is 108 Å². The molecule has 1 aromatic rings. The van der Waals surface area contributed by atoms with Crippen molar-refractivity contribution in [3.05, 3.63) is 29.8 Å². The minimum atomic E-state index is -3.56. The molecule has 102 valence electrons. The van der Waals surface area contributed by atoms with Crippen molar-refractivity contribution in [3.63, 3.8) is 0 Å². The van der Waals surface area contributed by atoms with Crippen LogP contribution in [0.2, 0.25) is 0 Å². The number of ether oxygens (including phenoxy) is 2. The van der Waals surface area contributed by atoms with Gasteiger partial charge in [0.1, 0.15) is 12.4 Å². The van der Waals surface area contributed by atoms with Gasteiger partial charge in [0.05, 0.1) is 19.0 Å². The lowest BCUT2D eigenvalue weighted by atomic mass is 10.3. The molecule has 1 aromatic carbocycles. The van der Waals surface area contributed by atoms with Gasteiger partial charge in [-0.1, -0.05) is 0 Å². The van der Waals surface area contributed by atoms with Gasteiger partial charge in [-0.05, 0) is 12.1 Å². The van der Waals surface area contributed by atoms with Gasteiger partial charge in [0, 0.05) is 16.7 Å². The fraction of sp³-hybridized carbons (Fsp3) is 0.400. The Balaban J connectivity index is 2.20. The predicted octanol–water partition coefficient (Wildman–Crippen LogP) is 1.93. The first kappa shape index (κ1) is 15.1. The van der Waals surface area contributed by atoms with Crippen LogP contribution in [0.25, 0.3) is 0 Å². The van der Waals surface area contributed by atoms with E-state index in [-0.39, 0.29) is 31.3 Å². The molecular formula is C10H11ClF2O4S. The number of benzene rings is 1. The van der Waals surface area contributed by atoms with Crippen LogP contribution in [0.4, 0.5) is 8.78 Å². The Morgan fingerprint density at radius 2 is 1.83 bits per heavy atom. The van der Waals surface area contributed by atoms with Crippen molar-refractivity contribution >= 4 is 19.7 Å². The molecule has 0 radical (unpaired) electrons. The standard InChI is InChI=1S/C10H11ClF2O4S/c11-18(14,15)6-5-16-3-4-17-8-1-2-9(12)10(13)7-8/h1-2,7H,3-6H2. The van der Waals surface area contributed by atoms with Gasteiger partial charge >= 0.3 is 0 Å². The number of hydrogen-bond acceptors (Lipinski definition) is 4. The van der Waals surface area contributed by atoms with Gasteiger partial charge < -0.3 is 9.47 Å². The smallest absolute Gasteiger partial charge is 0.234 e. The van der Waals surface area contributed by atoms with Crippen LogP contribution in [0.1, 0.15) is 0 Å². The van der Waals surface area contributed by atoms with Crippen molar-refractivity contribution in [3.8, 4) is 5.75 Å². The molecule has 0 atom stereocenters. The molecule has 1 rings (SSSR count). The van der Waals surface area contributed by atoms with Crippen molar-refractivity contribution in [2.45, 2.75) is 0 Å². The quantitative estimate of drug-likeness (QED) is 0.570. The van der Waals surface area contributed by atoms with Crippen molar-refractivity contribution < 1.29 is 26.7 Å². The molecule has 18 heavy (non-hydrogen) atoms. The van der Waals surface area contributed by atoms with E-state index in [0.29, 0.717) is 0 Å². The molecular weight excluding hydrogens is 290 g/mol. The summed E-state index contributed by atoms with van der Waals surface area (Å²) in [7, 11) is 1.40. The first-order valence-electron chi connectivity index (χ1n) is 4.96. The van der Waals surface area contributed by atoms with Crippen molar-refractivity contribution in [1.82, 2.24) is 0 Å². The summed E-state index contributed by atoms with van der Waals surface area (Å²) >= 11 is 0. The molecule has 0 fully saturated rings. The van der Waals surface area contributed by atoms with Crippen molar-refractivity contribution in [2.24, 2.45) is 0 Å². The highest BCUT2D eigenvalue weighted by Crippen LogP contribution is 2.15. The SMILES string of the molecule is O=S(=O)(Cl)CCOCCOc1ccc(F)c(F)c1. The van der Waals surface area contributed by atoms with Gasteiger partial charge in [-0.25, -0.2) is 17.2 Å². The van der Waals surface area contributed by atoms with E-state index < -0.39 is 20.7 Å². The third-order valence-electron chi connectivity index (χ3n) is 1.86. The summed E-state index contributed by atoms with van der Waals surface area (Å²) in [5, 5.41) is 0. The molecule has 0 unspecified atom stereocenters. The van der Waals surface area contributed by atoms with E-state index in [2.05, 4.69) is 0 Å². The molecule has 0 aromatic heterocycles. The van der Waals surface area contributed by atoms with Crippen LogP contribution in [0.15, 0.2) is 18.2 Å². The summed E-state index contributed by atoms with van der Waals surface area (Å²) in [6.45, 7) is 0.159. The average Bonchev–Trinajstić information content (AvgIpc) is 2.26. The van der Waals surface area contributed by atoms with Crippen LogP contribution < -0.4 is 4.74 Å². The van der Waals surface area contributed by atoms with Crippen molar-refractivity contribution in [2.75, 3.05) is 25.6 Å². The van der Waals surface area contributed by atoms with Gasteiger partial charge in [-0.3, -0.25) is 0 Å². The highest BCUT2D eigenvalue weighted by Gasteiger charge is 2.05. The van der Waals surface area contributed by atoms with Crippen LogP contribution in [0.3, 0.4) is 0 Å². The highest BCUT2D eigenvalue weighted by atomic mass is 35.7. The zero-order valence-corrected chi connectivity index (χ0v) is 10.8. The van der Waals surface area contributed by atoms with E-state index in [1.807, 2.05) is 0 Å². The molecule has 0 aliphatic carbocycles. The summed E-state index contributed by atoms with van der Waals surface area (Å²) in [6, 6.07) is 3.14. The summed E-state index contributed by atoms with van der Waals surface area (Å²) < 4.78 is 56.4. The van der Waals surface area contributed by atoms with Crippen molar-refractivity contribution in [1.29, 1.82) is 0 Å². The minimum absolute atomic E-state index is 0.0486. The third kappa shape index (κ3) is 6.13. The molecule has 0 saturated heterocycles. The monoisotopic (exact) mass is 300 g/mol. The fourth-order valence-corrected chi connectivity index (χ4v) is 1.55. The maximum Gasteiger partial charge on any atom is 0.234 e. The van der Waals surface area contributed by atoms with Crippen LogP contribution in [0, 0.1) is 11.6 Å². The third-order valence-corrected chi connectivity index (χ3v) is 2.98. The van der Waals surface area contributed by atoms with Crippen LogP contribution >= 0.6 is 10.7 Å². The molecule has 0 heterocycles. The van der Waals surface area contributed by atoms with E-state index in [0.717, 1.165) is 12.1 Å². The maximum absolute atomic E-state index is 12.8. The molecule has 0 N–H and O–H groups in total. The van der Waals surface area contributed by atoms with E-state index in [1.165, 1.54) is 6.07 Å². The molecule has 0 aliphatic rings. The van der Waals surface area contributed by atoms with Gasteiger partial charge in [-0.2, -0.15) is 0 Å². The first-order chi connectivity index (χ1) is 8.38. The summed E-state index contributed by atoms with van der Waals surface area (Å²) in [5.74, 6) is -2.07. The van der Waals surface area contributed by atoms with Crippen LogP contribution in [-0.2, 0) is 13.8 Å². The maximum atomic E-state index is 12.8. The summed E-state index contributed by atoms with van der Waals surface area (Å²) in [4.78, 5) is 0. The zero-order valence-electron chi connectivity index (χ0n) is 9.24. The Hall–Kier alpha value is -0.920. The van der Waals surface area contributed by atoms with Crippen LogP contribution in [-0.4, -0.2) is 34.0 Å². The highest BCUT2D eigenvalue weighted by molar-refractivity contribution is 8.13. The molecule has 4 nitrogen and oxygen atoms in total. The molecule has 0 aliphatic heterocycles. The average molecular weight is 301 g/mol. The molecule has 0 saturated carbocycles. The molecule has 0 amide bonds. The minimum Gasteiger partial charge on any atom is -0.491 e. The Kier molecular flexibility index (Phi) is 5.77. The largest absolute Gasteiger partial charge is 0.491 e. The first-order valence-corrected chi connectivity index (χ1v) is 7.44. The lowest BCUT2D eigenvalue weighted by Gasteiger charge is -2.06. The Morgan fingerprint density at radius 1 is 1.11 bits per heavy atom. The molecule has 8 heteroatoms. The lowest BCUT2D eigenvalue weighted by Crippen LogP contribution is -2.12. The predicted molar refractivity (Wildman–Crippen MR) is 62.3 cm³/mol. The topological polar surface area (TPSA) is 52.6 Å². The fourth-order valence-electron chi connectivity index (χ4n) is 1.05. The van der Waals surface area contributed by atoms with Gasteiger partial charge in [0.15, 0.2) is 11.6 Å². The second kappa shape index (κ2) is 6.86. The van der Waals surface area contributed by atoms with Crippen LogP contribution in [0.5, 0.6) is 5.75 Å². The van der Waals surface area contributed by atoms with E-state index in [9.17, 15) is 17.2 Å². The normalized spacial score (nSPS) is 11.5.